The summed E-state index contributed by atoms with van der Waals surface area (Å²) in [5.74, 6) is -0.826. The molecule has 0 unspecified atom stereocenters. The molecule has 0 atom stereocenters. The Balaban J connectivity index is 1.85. The van der Waals surface area contributed by atoms with Gasteiger partial charge in [0, 0.05) is 32.5 Å². The third-order valence-corrected chi connectivity index (χ3v) is 7.45. The number of carbonyl (C=O) groups is 1. The number of rotatable bonds is 9. The van der Waals surface area contributed by atoms with Gasteiger partial charge in [-0.2, -0.15) is 5.10 Å². The van der Waals surface area contributed by atoms with Gasteiger partial charge in [0.25, 0.3) is 10.0 Å². The fourth-order valence-electron chi connectivity index (χ4n) is 3.82. The first kappa shape index (κ1) is 25.2. The van der Waals surface area contributed by atoms with E-state index in [1.54, 1.807) is 19.2 Å². The summed E-state index contributed by atoms with van der Waals surface area (Å²) >= 11 is 0. The molecule has 0 saturated heterocycles. The summed E-state index contributed by atoms with van der Waals surface area (Å²) in [4.78, 5) is 17.7. The lowest BCUT2D eigenvalue weighted by atomic mass is 10.1. The number of nitrogens with one attached hydrogen (secondary N) is 1. The Morgan fingerprint density at radius 2 is 1.85 bits per heavy atom. The SMILES string of the molecule is Cc1ccc(S(=O)(=O)Nc2cc(C(=O)O)cnc2N(C)CCCc2c(C)nn(C)c2C)cc1C. The summed E-state index contributed by atoms with van der Waals surface area (Å²) < 4.78 is 30.6. The molecule has 2 N–H and O–H groups in total. The number of benzene rings is 1. The average Bonchev–Trinajstić information content (AvgIpc) is 3.00. The Labute approximate surface area is 200 Å². The molecule has 0 aliphatic heterocycles. The third kappa shape index (κ3) is 5.39. The van der Waals surface area contributed by atoms with Crippen molar-refractivity contribution in [1.82, 2.24) is 14.8 Å². The molecule has 9 nitrogen and oxygen atoms in total. The molecule has 0 radical (unpaired) electrons. The highest BCUT2D eigenvalue weighted by atomic mass is 32.2. The molecule has 0 spiro atoms. The van der Waals surface area contributed by atoms with Crippen LogP contribution in [-0.4, -0.2) is 47.9 Å². The maximum absolute atomic E-state index is 13.1. The lowest BCUT2D eigenvalue weighted by molar-refractivity contribution is 0.0696. The topological polar surface area (TPSA) is 117 Å². The zero-order valence-corrected chi connectivity index (χ0v) is 21.2. The Morgan fingerprint density at radius 1 is 1.15 bits per heavy atom. The second-order valence-electron chi connectivity index (χ2n) is 8.55. The number of hydrogen-bond acceptors (Lipinski definition) is 6. The zero-order valence-electron chi connectivity index (χ0n) is 20.4. The Hall–Kier alpha value is -3.40. The summed E-state index contributed by atoms with van der Waals surface area (Å²) in [5, 5.41) is 13.8. The number of sulfonamides is 1. The first-order valence-corrected chi connectivity index (χ1v) is 12.4. The van der Waals surface area contributed by atoms with Crippen LogP contribution >= 0.6 is 0 Å². The van der Waals surface area contributed by atoms with Crippen LogP contribution in [0.5, 0.6) is 0 Å². The molecule has 0 amide bonds. The number of aromatic carboxylic acids is 1. The van der Waals surface area contributed by atoms with Crippen LogP contribution in [0, 0.1) is 27.7 Å². The fourth-order valence-corrected chi connectivity index (χ4v) is 4.95. The van der Waals surface area contributed by atoms with Gasteiger partial charge in [-0.1, -0.05) is 6.07 Å². The molecule has 2 aromatic heterocycles. The fraction of sp³-hybridized carbons (Fsp3) is 0.375. The smallest absolute Gasteiger partial charge is 0.337 e. The maximum Gasteiger partial charge on any atom is 0.337 e. The van der Waals surface area contributed by atoms with Crippen LogP contribution in [0.3, 0.4) is 0 Å². The number of pyridine rings is 1. The van der Waals surface area contributed by atoms with E-state index in [2.05, 4.69) is 14.8 Å². The molecule has 0 fully saturated rings. The van der Waals surface area contributed by atoms with E-state index in [1.165, 1.54) is 23.9 Å². The number of carboxylic acid groups (broad SMARTS) is 1. The van der Waals surface area contributed by atoms with Crippen molar-refractivity contribution in [3.63, 3.8) is 0 Å². The molecule has 0 aliphatic carbocycles. The van der Waals surface area contributed by atoms with Crippen molar-refractivity contribution in [1.29, 1.82) is 0 Å². The quantitative estimate of drug-likeness (QED) is 0.475. The van der Waals surface area contributed by atoms with E-state index in [9.17, 15) is 18.3 Å². The highest BCUT2D eigenvalue weighted by molar-refractivity contribution is 7.92. The Kier molecular flexibility index (Phi) is 7.30. The molecule has 2 heterocycles. The van der Waals surface area contributed by atoms with Crippen LogP contribution in [0.4, 0.5) is 11.5 Å². The van der Waals surface area contributed by atoms with E-state index in [1.807, 2.05) is 44.3 Å². The Bertz CT molecular complexity index is 1330. The lowest BCUT2D eigenvalue weighted by Crippen LogP contribution is -2.24. The lowest BCUT2D eigenvalue weighted by Gasteiger charge is -2.22. The Morgan fingerprint density at radius 3 is 2.44 bits per heavy atom. The van der Waals surface area contributed by atoms with Crippen LogP contribution in [0.25, 0.3) is 0 Å². The molecule has 3 rings (SSSR count). The molecule has 0 aliphatic rings. The highest BCUT2D eigenvalue weighted by Gasteiger charge is 2.21. The number of hydrogen-bond donors (Lipinski definition) is 2. The first-order chi connectivity index (χ1) is 15.9. The minimum Gasteiger partial charge on any atom is -0.478 e. The van der Waals surface area contributed by atoms with Gasteiger partial charge in [-0.05, 0) is 75.4 Å². The van der Waals surface area contributed by atoms with Crippen LogP contribution in [0.1, 0.15) is 44.9 Å². The standard InChI is InChI=1S/C24H31N5O4S/c1-15-9-10-20(12-16(15)2)34(32,33)27-22-13-19(24(30)31)14-25-23(22)28(5)11-7-8-21-17(3)26-29(6)18(21)4/h9-10,12-14,27H,7-8,11H2,1-6H3,(H,30,31). The summed E-state index contributed by atoms with van der Waals surface area (Å²) in [5.41, 5.74) is 5.15. The second kappa shape index (κ2) is 9.84. The van der Waals surface area contributed by atoms with Crippen LogP contribution in [0.2, 0.25) is 0 Å². The molecular weight excluding hydrogens is 454 g/mol. The van der Waals surface area contributed by atoms with Crippen LogP contribution in [-0.2, 0) is 23.5 Å². The van der Waals surface area contributed by atoms with E-state index >= 15 is 0 Å². The highest BCUT2D eigenvalue weighted by Crippen LogP contribution is 2.28. The largest absolute Gasteiger partial charge is 0.478 e. The average molecular weight is 486 g/mol. The van der Waals surface area contributed by atoms with E-state index in [0.29, 0.717) is 12.4 Å². The van der Waals surface area contributed by atoms with E-state index in [-0.39, 0.29) is 16.1 Å². The number of carboxylic acids is 1. The van der Waals surface area contributed by atoms with Gasteiger partial charge in [0.05, 0.1) is 21.8 Å². The van der Waals surface area contributed by atoms with Gasteiger partial charge < -0.3 is 10.0 Å². The van der Waals surface area contributed by atoms with Crippen molar-refractivity contribution in [2.75, 3.05) is 23.2 Å². The van der Waals surface area contributed by atoms with E-state index < -0.39 is 16.0 Å². The summed E-state index contributed by atoms with van der Waals surface area (Å²) in [7, 11) is -0.222. The van der Waals surface area contributed by atoms with Gasteiger partial charge in [-0.25, -0.2) is 18.2 Å². The number of aromatic nitrogens is 3. The van der Waals surface area contributed by atoms with Crippen molar-refractivity contribution < 1.29 is 18.3 Å². The van der Waals surface area contributed by atoms with Crippen LogP contribution < -0.4 is 9.62 Å². The number of aryl methyl sites for hydroxylation is 4. The van der Waals surface area contributed by atoms with Gasteiger partial charge >= 0.3 is 5.97 Å². The van der Waals surface area contributed by atoms with Crippen molar-refractivity contribution in [3.05, 3.63) is 64.1 Å². The number of anilines is 2. The van der Waals surface area contributed by atoms with Crippen molar-refractivity contribution in [3.8, 4) is 0 Å². The zero-order chi connectivity index (χ0) is 25.2. The minimum absolute atomic E-state index is 0.100. The van der Waals surface area contributed by atoms with Crippen molar-refractivity contribution in [2.45, 2.75) is 45.4 Å². The predicted octanol–water partition coefficient (Wildman–Crippen LogP) is 3.62. The monoisotopic (exact) mass is 485 g/mol. The van der Waals surface area contributed by atoms with Crippen molar-refractivity contribution >= 4 is 27.5 Å². The van der Waals surface area contributed by atoms with Gasteiger partial charge in [0.15, 0.2) is 5.82 Å². The summed E-state index contributed by atoms with van der Waals surface area (Å²) in [6.45, 7) is 8.35. The molecule has 1 aromatic carbocycles. The third-order valence-electron chi connectivity index (χ3n) is 6.09. The summed E-state index contributed by atoms with van der Waals surface area (Å²) in [6.07, 6.45) is 2.83. The molecule has 0 saturated carbocycles. The molecule has 3 aromatic rings. The molecule has 34 heavy (non-hydrogen) atoms. The number of nitrogens with zero attached hydrogens (tertiary/aromatic N) is 4. The molecule has 182 valence electrons. The normalized spacial score (nSPS) is 11.5. The summed E-state index contributed by atoms with van der Waals surface area (Å²) in [6, 6.07) is 6.16. The predicted molar refractivity (Wildman–Crippen MR) is 132 cm³/mol. The van der Waals surface area contributed by atoms with Crippen LogP contribution in [0.15, 0.2) is 35.4 Å². The van der Waals surface area contributed by atoms with Gasteiger partial charge in [0.1, 0.15) is 0 Å². The maximum atomic E-state index is 13.1. The van der Waals surface area contributed by atoms with E-state index in [4.69, 9.17) is 0 Å². The molecule has 10 heteroatoms. The second-order valence-corrected chi connectivity index (χ2v) is 10.2. The van der Waals surface area contributed by atoms with Gasteiger partial charge in [0.2, 0.25) is 0 Å². The minimum atomic E-state index is -3.94. The van der Waals surface area contributed by atoms with Gasteiger partial charge in [-0.15, -0.1) is 0 Å². The van der Waals surface area contributed by atoms with Crippen molar-refractivity contribution in [2.24, 2.45) is 7.05 Å². The molecule has 0 bridgehead atoms. The van der Waals surface area contributed by atoms with Gasteiger partial charge in [-0.3, -0.25) is 9.40 Å². The molecular formula is C24H31N5O4S. The first-order valence-electron chi connectivity index (χ1n) is 10.9. The van der Waals surface area contributed by atoms with E-state index in [0.717, 1.165) is 35.4 Å².